The fraction of sp³-hybridized carbons (Fsp3) is 0.462. The van der Waals surface area contributed by atoms with Crippen molar-refractivity contribution in [3.63, 3.8) is 0 Å². The van der Waals surface area contributed by atoms with Crippen LogP contribution >= 0.6 is 0 Å². The topological polar surface area (TPSA) is 124 Å². The summed E-state index contributed by atoms with van der Waals surface area (Å²) >= 11 is 0. The van der Waals surface area contributed by atoms with Gasteiger partial charge in [-0.15, -0.1) is 0 Å². The molecule has 0 aromatic carbocycles. The van der Waals surface area contributed by atoms with Crippen LogP contribution in [-0.2, 0) is 0 Å². The number of likely N-dealkylation sites (N-methyl/N-ethyl adjacent to an activating group) is 1. The molecule has 8 nitrogen and oxygen atoms in total. The number of aromatic amines is 1. The van der Waals surface area contributed by atoms with Crippen molar-refractivity contribution >= 4 is 17.9 Å². The third-order valence-electron chi connectivity index (χ3n) is 2.72. The maximum atomic E-state index is 11.8. The van der Waals surface area contributed by atoms with E-state index in [0.29, 0.717) is 17.9 Å². The molecule has 2 rings (SSSR count). The molecule has 0 aliphatic carbocycles. The molecule has 1 aliphatic rings. The van der Waals surface area contributed by atoms with Crippen LogP contribution in [-0.4, -0.2) is 41.3 Å². The van der Waals surface area contributed by atoms with Gasteiger partial charge in [0.25, 0.3) is 5.56 Å². The molecule has 1 aliphatic heterocycles. The van der Waals surface area contributed by atoms with Crippen LogP contribution in [0.25, 0.3) is 0 Å². The van der Waals surface area contributed by atoms with Crippen molar-refractivity contribution in [3.8, 4) is 11.8 Å². The number of hydrogen-bond acceptors (Lipinski definition) is 5. The van der Waals surface area contributed by atoms with Crippen molar-refractivity contribution in [3.05, 3.63) is 15.9 Å². The molecule has 0 fully saturated rings. The fourth-order valence-corrected chi connectivity index (χ4v) is 1.96. The first-order chi connectivity index (χ1) is 9.99. The lowest BCUT2D eigenvalue weighted by Gasteiger charge is -2.09. The maximum Gasteiger partial charge on any atom is 0.405 e. The first-order valence-electron chi connectivity index (χ1n) is 6.55. The number of nitrogen functional groups attached to an aromatic ring is 1. The number of H-pyrrole nitrogens is 1. The zero-order valence-electron chi connectivity index (χ0n) is 12.2. The van der Waals surface area contributed by atoms with Gasteiger partial charge in [-0.25, -0.2) is 4.79 Å². The second kappa shape index (κ2) is 7.19. The van der Waals surface area contributed by atoms with E-state index in [1.807, 2.05) is 13.8 Å². The Morgan fingerprint density at radius 3 is 2.90 bits per heavy atom. The summed E-state index contributed by atoms with van der Waals surface area (Å²) in [6.07, 6.45) is -1.13. The molecule has 1 aromatic heterocycles. The lowest BCUT2D eigenvalue weighted by atomic mass is 10.1. The van der Waals surface area contributed by atoms with Crippen LogP contribution in [0.4, 0.5) is 16.6 Å². The van der Waals surface area contributed by atoms with Gasteiger partial charge in [0.15, 0.2) is 0 Å². The first-order valence-corrected chi connectivity index (χ1v) is 6.55. The second-order valence-electron chi connectivity index (χ2n) is 4.10. The van der Waals surface area contributed by atoms with Gasteiger partial charge in [-0.3, -0.25) is 9.78 Å². The average molecular weight is 293 g/mol. The summed E-state index contributed by atoms with van der Waals surface area (Å²) in [5.41, 5.74) is 5.65. The summed E-state index contributed by atoms with van der Waals surface area (Å²) in [6.45, 7) is 4.54. The normalized spacial score (nSPS) is 15.2. The Morgan fingerprint density at radius 1 is 1.62 bits per heavy atom. The Kier molecular flexibility index (Phi) is 5.60. The summed E-state index contributed by atoms with van der Waals surface area (Å²) < 4.78 is 0. The van der Waals surface area contributed by atoms with E-state index >= 15 is 0 Å². The Labute approximate surface area is 122 Å². The van der Waals surface area contributed by atoms with Crippen molar-refractivity contribution in [2.24, 2.45) is 0 Å². The van der Waals surface area contributed by atoms with Gasteiger partial charge < -0.3 is 21.1 Å². The Balaban J connectivity index is 0.00000106. The molecule has 0 bridgehead atoms. The quantitative estimate of drug-likeness (QED) is 0.548. The SMILES string of the molecule is CC.CN1CC(C#CCNC(=O)O)c2c1nc(N)[nH]c2=O. The lowest BCUT2D eigenvalue weighted by Crippen LogP contribution is -2.21. The number of carboxylic acid groups (broad SMARTS) is 1. The summed E-state index contributed by atoms with van der Waals surface area (Å²) in [6, 6.07) is 0. The van der Waals surface area contributed by atoms with E-state index in [-0.39, 0.29) is 24.0 Å². The largest absolute Gasteiger partial charge is 0.465 e. The van der Waals surface area contributed by atoms with Crippen LogP contribution < -0.4 is 21.5 Å². The Bertz CT molecular complexity index is 629. The molecule has 5 N–H and O–H groups in total. The molecule has 0 saturated carbocycles. The second-order valence-corrected chi connectivity index (χ2v) is 4.10. The molecule has 2 heterocycles. The highest BCUT2D eigenvalue weighted by atomic mass is 16.4. The van der Waals surface area contributed by atoms with Gasteiger partial charge in [-0.1, -0.05) is 25.7 Å². The van der Waals surface area contributed by atoms with Crippen molar-refractivity contribution < 1.29 is 9.90 Å². The number of carbonyl (C=O) groups is 1. The Morgan fingerprint density at radius 2 is 2.29 bits per heavy atom. The van der Waals surface area contributed by atoms with Crippen LogP contribution in [0.5, 0.6) is 0 Å². The number of anilines is 2. The molecule has 1 unspecified atom stereocenters. The van der Waals surface area contributed by atoms with E-state index in [1.54, 1.807) is 11.9 Å². The molecule has 21 heavy (non-hydrogen) atoms. The van der Waals surface area contributed by atoms with Crippen LogP contribution in [0, 0.1) is 11.8 Å². The molecule has 0 radical (unpaired) electrons. The summed E-state index contributed by atoms with van der Waals surface area (Å²) in [7, 11) is 1.79. The smallest absolute Gasteiger partial charge is 0.405 e. The number of nitrogens with one attached hydrogen (secondary N) is 2. The summed E-state index contributed by atoms with van der Waals surface area (Å²) in [5.74, 6) is 5.83. The van der Waals surface area contributed by atoms with E-state index in [9.17, 15) is 9.59 Å². The predicted octanol–water partition coefficient (Wildman–Crippen LogP) is 0.183. The van der Waals surface area contributed by atoms with Gasteiger partial charge in [-0.05, 0) is 0 Å². The predicted molar refractivity (Wildman–Crippen MR) is 80.4 cm³/mol. The van der Waals surface area contributed by atoms with E-state index in [4.69, 9.17) is 10.8 Å². The third-order valence-corrected chi connectivity index (χ3v) is 2.72. The molecule has 1 aromatic rings. The van der Waals surface area contributed by atoms with Crippen molar-refractivity contribution in [2.75, 3.05) is 30.8 Å². The molecule has 0 spiro atoms. The van der Waals surface area contributed by atoms with Gasteiger partial charge >= 0.3 is 6.09 Å². The number of fused-ring (bicyclic) bond motifs is 1. The van der Waals surface area contributed by atoms with E-state index < -0.39 is 6.09 Å². The molecule has 1 atom stereocenters. The van der Waals surface area contributed by atoms with E-state index in [1.165, 1.54) is 0 Å². The van der Waals surface area contributed by atoms with Crippen LogP contribution in [0.1, 0.15) is 25.3 Å². The van der Waals surface area contributed by atoms with Crippen molar-refractivity contribution in [1.29, 1.82) is 0 Å². The summed E-state index contributed by atoms with van der Waals surface area (Å²) in [5, 5.41) is 10.6. The van der Waals surface area contributed by atoms with Gasteiger partial charge in [0.1, 0.15) is 5.82 Å². The number of nitrogens with zero attached hydrogens (tertiary/aromatic N) is 2. The zero-order chi connectivity index (χ0) is 16.0. The van der Waals surface area contributed by atoms with E-state index in [0.717, 1.165) is 0 Å². The van der Waals surface area contributed by atoms with Crippen LogP contribution in [0.2, 0.25) is 0 Å². The lowest BCUT2D eigenvalue weighted by molar-refractivity contribution is 0.196. The molecule has 0 saturated heterocycles. The maximum absolute atomic E-state index is 11.8. The molecule has 8 heteroatoms. The highest BCUT2D eigenvalue weighted by Gasteiger charge is 2.29. The highest BCUT2D eigenvalue weighted by molar-refractivity contribution is 5.64. The highest BCUT2D eigenvalue weighted by Crippen LogP contribution is 2.30. The van der Waals surface area contributed by atoms with Crippen molar-refractivity contribution in [2.45, 2.75) is 19.8 Å². The summed E-state index contributed by atoms with van der Waals surface area (Å²) in [4.78, 5) is 30.4. The first kappa shape index (κ1) is 16.4. The minimum atomic E-state index is -1.13. The zero-order valence-corrected chi connectivity index (χ0v) is 12.2. The van der Waals surface area contributed by atoms with E-state index in [2.05, 4.69) is 27.1 Å². The van der Waals surface area contributed by atoms with Crippen LogP contribution in [0.15, 0.2) is 4.79 Å². The number of rotatable bonds is 1. The third kappa shape index (κ3) is 3.89. The number of amides is 1. The monoisotopic (exact) mass is 293 g/mol. The molecule has 114 valence electrons. The minimum Gasteiger partial charge on any atom is -0.465 e. The number of aromatic nitrogens is 2. The van der Waals surface area contributed by atoms with Gasteiger partial charge in [0.2, 0.25) is 5.95 Å². The van der Waals surface area contributed by atoms with Gasteiger partial charge in [0, 0.05) is 13.6 Å². The fourth-order valence-electron chi connectivity index (χ4n) is 1.96. The minimum absolute atomic E-state index is 0.0190. The van der Waals surface area contributed by atoms with Crippen LogP contribution in [0.3, 0.4) is 0 Å². The Hall–Kier alpha value is -2.69. The standard InChI is InChI=1S/C11H13N5O3.C2H6/c1-16-5-6(3-2-4-13-11(18)19)7-8(16)14-10(12)15-9(7)17;1-2/h6,13H,4-5H2,1H3,(H,18,19)(H3,12,14,15,17);1-2H3. The molecular formula is C13H19N5O3. The molecule has 1 amide bonds. The number of hydrogen-bond donors (Lipinski definition) is 4. The number of nitrogens with two attached hydrogens (primary N) is 1. The molecular weight excluding hydrogens is 274 g/mol. The van der Waals surface area contributed by atoms with Gasteiger partial charge in [0.05, 0.1) is 18.0 Å². The van der Waals surface area contributed by atoms with Gasteiger partial charge in [-0.2, -0.15) is 4.98 Å². The van der Waals surface area contributed by atoms with Crippen molar-refractivity contribution in [1.82, 2.24) is 15.3 Å². The average Bonchev–Trinajstić information content (AvgIpc) is 2.74.